The van der Waals surface area contributed by atoms with Crippen LogP contribution >= 0.6 is 27.3 Å². The molecule has 98 valence electrons. The molecule has 1 aliphatic carbocycles. The van der Waals surface area contributed by atoms with Crippen molar-refractivity contribution in [2.75, 3.05) is 5.43 Å². The molecule has 1 heterocycles. The number of rotatable bonds is 3. The van der Waals surface area contributed by atoms with Crippen LogP contribution < -0.4 is 5.43 Å². The molecule has 3 nitrogen and oxygen atoms in total. The van der Waals surface area contributed by atoms with Gasteiger partial charge in [0.15, 0.2) is 0 Å². The van der Waals surface area contributed by atoms with E-state index in [1.807, 2.05) is 30.5 Å². The first-order chi connectivity index (χ1) is 9.33. The van der Waals surface area contributed by atoms with Crippen molar-refractivity contribution in [3.05, 3.63) is 44.9 Å². The highest BCUT2D eigenvalue weighted by Gasteiger charge is 2.14. The number of hydrogen-bond acceptors (Lipinski definition) is 4. The van der Waals surface area contributed by atoms with Crippen molar-refractivity contribution >= 4 is 38.6 Å². The van der Waals surface area contributed by atoms with E-state index < -0.39 is 0 Å². The van der Waals surface area contributed by atoms with Gasteiger partial charge in [0.25, 0.3) is 0 Å². The largest absolute Gasteiger partial charge is 0.253 e. The summed E-state index contributed by atoms with van der Waals surface area (Å²) in [5.41, 5.74) is 5.34. The Balaban J connectivity index is 1.69. The summed E-state index contributed by atoms with van der Waals surface area (Å²) in [4.78, 5) is 6.01. The number of fused-ring (bicyclic) bond motifs is 1. The summed E-state index contributed by atoms with van der Waals surface area (Å²) >= 11 is 5.22. The fourth-order valence-electron chi connectivity index (χ4n) is 2.14. The zero-order chi connectivity index (χ0) is 13.1. The number of benzene rings is 1. The maximum atomic E-state index is 4.59. The quantitative estimate of drug-likeness (QED) is 0.673. The molecular formula is C14H14BrN3S. The van der Waals surface area contributed by atoms with Crippen LogP contribution in [0, 0.1) is 0 Å². The molecule has 0 amide bonds. The predicted molar refractivity (Wildman–Crippen MR) is 84.1 cm³/mol. The number of anilines is 1. The number of nitrogens with one attached hydrogen (secondary N) is 1. The molecule has 0 aliphatic heterocycles. The molecule has 1 aromatic heterocycles. The second-order valence-electron chi connectivity index (χ2n) is 4.49. The zero-order valence-corrected chi connectivity index (χ0v) is 12.8. The number of hydrogen-bond donors (Lipinski definition) is 1. The fourth-order valence-corrected chi connectivity index (χ4v) is 3.52. The summed E-state index contributed by atoms with van der Waals surface area (Å²) in [5, 5.41) is 5.16. The van der Waals surface area contributed by atoms with Gasteiger partial charge in [0, 0.05) is 14.9 Å². The lowest BCUT2D eigenvalue weighted by molar-refractivity contribution is 0.682. The number of thiazole rings is 1. The Bertz CT molecular complexity index is 583. The number of aryl methyl sites for hydroxylation is 2. The van der Waals surface area contributed by atoms with Gasteiger partial charge in [-0.3, -0.25) is 5.43 Å². The number of hydrazone groups is 1. The van der Waals surface area contributed by atoms with Gasteiger partial charge < -0.3 is 0 Å². The minimum absolute atomic E-state index is 0.898. The summed E-state index contributed by atoms with van der Waals surface area (Å²) in [6.45, 7) is 0. The highest BCUT2D eigenvalue weighted by molar-refractivity contribution is 9.10. The van der Waals surface area contributed by atoms with Gasteiger partial charge in [-0.05, 0) is 31.7 Å². The van der Waals surface area contributed by atoms with Crippen LogP contribution in [0.4, 0.5) is 5.13 Å². The van der Waals surface area contributed by atoms with E-state index in [1.54, 1.807) is 11.3 Å². The van der Waals surface area contributed by atoms with Crippen molar-refractivity contribution in [3.63, 3.8) is 0 Å². The van der Waals surface area contributed by atoms with Crippen LogP contribution in [0.25, 0.3) is 0 Å². The Morgan fingerprint density at radius 2 is 2.11 bits per heavy atom. The molecule has 0 bridgehead atoms. The van der Waals surface area contributed by atoms with Crippen molar-refractivity contribution in [1.82, 2.24) is 4.98 Å². The van der Waals surface area contributed by atoms with Crippen molar-refractivity contribution < 1.29 is 0 Å². The van der Waals surface area contributed by atoms with Gasteiger partial charge in [0.05, 0.1) is 11.9 Å². The maximum absolute atomic E-state index is 4.59. The third-order valence-electron chi connectivity index (χ3n) is 3.11. The summed E-state index contributed by atoms with van der Waals surface area (Å²) in [5.74, 6) is 0. The van der Waals surface area contributed by atoms with E-state index in [0.29, 0.717) is 0 Å². The molecule has 0 saturated carbocycles. The standard InChI is InChI=1S/C14H14BrN3S/c15-11-6-2-1-5-10(11)9-16-18-14-17-12-7-3-4-8-13(12)19-14/h1-2,5-6,9H,3-4,7-8H2,(H,17,18). The second kappa shape index (κ2) is 5.84. The monoisotopic (exact) mass is 335 g/mol. The highest BCUT2D eigenvalue weighted by Crippen LogP contribution is 2.29. The minimum atomic E-state index is 0.898. The van der Waals surface area contributed by atoms with Crippen LogP contribution in [0.15, 0.2) is 33.8 Å². The Kier molecular flexibility index (Phi) is 3.94. The van der Waals surface area contributed by atoms with Gasteiger partial charge in [0.2, 0.25) is 5.13 Å². The minimum Gasteiger partial charge on any atom is -0.253 e. The molecule has 2 aromatic rings. The first-order valence-corrected chi connectivity index (χ1v) is 7.96. The van der Waals surface area contributed by atoms with Crippen molar-refractivity contribution in [3.8, 4) is 0 Å². The molecule has 0 unspecified atom stereocenters. The molecule has 0 spiro atoms. The van der Waals surface area contributed by atoms with E-state index in [2.05, 4.69) is 31.4 Å². The summed E-state index contributed by atoms with van der Waals surface area (Å²) in [7, 11) is 0. The van der Waals surface area contributed by atoms with E-state index in [1.165, 1.54) is 29.8 Å². The number of aromatic nitrogens is 1. The normalized spacial score (nSPS) is 14.6. The van der Waals surface area contributed by atoms with Gasteiger partial charge >= 0.3 is 0 Å². The van der Waals surface area contributed by atoms with E-state index in [9.17, 15) is 0 Å². The van der Waals surface area contributed by atoms with E-state index in [0.717, 1.165) is 21.6 Å². The van der Waals surface area contributed by atoms with Crippen molar-refractivity contribution in [2.24, 2.45) is 5.10 Å². The molecule has 5 heteroatoms. The zero-order valence-electron chi connectivity index (χ0n) is 10.4. The fraction of sp³-hybridized carbons (Fsp3) is 0.286. The summed E-state index contributed by atoms with van der Waals surface area (Å²) in [6, 6.07) is 8.00. The first kappa shape index (κ1) is 12.8. The third-order valence-corrected chi connectivity index (χ3v) is 4.90. The van der Waals surface area contributed by atoms with Gasteiger partial charge in [-0.25, -0.2) is 4.98 Å². The second-order valence-corrected chi connectivity index (χ2v) is 6.43. The van der Waals surface area contributed by atoms with Crippen LogP contribution in [0.2, 0.25) is 0 Å². The van der Waals surface area contributed by atoms with E-state index in [4.69, 9.17) is 0 Å². The van der Waals surface area contributed by atoms with Gasteiger partial charge in [-0.15, -0.1) is 11.3 Å². The number of nitrogens with zero attached hydrogens (tertiary/aromatic N) is 2. The van der Waals surface area contributed by atoms with Crippen LogP contribution in [0.5, 0.6) is 0 Å². The van der Waals surface area contributed by atoms with Gasteiger partial charge in [-0.2, -0.15) is 5.10 Å². The molecule has 3 rings (SSSR count). The van der Waals surface area contributed by atoms with Crippen molar-refractivity contribution in [1.29, 1.82) is 0 Å². The third kappa shape index (κ3) is 3.04. The van der Waals surface area contributed by atoms with Crippen molar-refractivity contribution in [2.45, 2.75) is 25.7 Å². The van der Waals surface area contributed by atoms with Crippen LogP contribution in [0.1, 0.15) is 29.0 Å². The first-order valence-electron chi connectivity index (χ1n) is 6.35. The average Bonchev–Trinajstić information content (AvgIpc) is 2.83. The highest BCUT2D eigenvalue weighted by atomic mass is 79.9. The summed E-state index contributed by atoms with van der Waals surface area (Å²) in [6.07, 6.45) is 6.64. The van der Waals surface area contributed by atoms with Crippen LogP contribution in [-0.4, -0.2) is 11.2 Å². The lowest BCUT2D eigenvalue weighted by Crippen LogP contribution is -1.99. The Labute approximate surface area is 124 Å². The SMILES string of the molecule is Brc1ccccc1C=NNc1nc2c(s1)CCCC2. The Morgan fingerprint density at radius 3 is 2.95 bits per heavy atom. The lowest BCUT2D eigenvalue weighted by Gasteiger charge is -2.06. The van der Waals surface area contributed by atoms with Gasteiger partial charge in [-0.1, -0.05) is 34.1 Å². The Morgan fingerprint density at radius 1 is 1.26 bits per heavy atom. The molecule has 1 aromatic carbocycles. The van der Waals surface area contributed by atoms with E-state index in [-0.39, 0.29) is 0 Å². The molecular weight excluding hydrogens is 322 g/mol. The summed E-state index contributed by atoms with van der Waals surface area (Å²) < 4.78 is 1.04. The lowest BCUT2D eigenvalue weighted by atomic mass is 10.0. The topological polar surface area (TPSA) is 37.3 Å². The smallest absolute Gasteiger partial charge is 0.203 e. The van der Waals surface area contributed by atoms with E-state index >= 15 is 0 Å². The van der Waals surface area contributed by atoms with Gasteiger partial charge in [0.1, 0.15) is 0 Å². The molecule has 0 saturated heterocycles. The maximum Gasteiger partial charge on any atom is 0.203 e. The molecule has 0 fully saturated rings. The molecule has 0 radical (unpaired) electrons. The van der Waals surface area contributed by atoms with Crippen LogP contribution in [-0.2, 0) is 12.8 Å². The molecule has 1 N–H and O–H groups in total. The average molecular weight is 336 g/mol. The number of halogens is 1. The molecule has 19 heavy (non-hydrogen) atoms. The molecule has 1 aliphatic rings. The predicted octanol–water partition coefficient (Wildman–Crippen LogP) is 4.23. The Hall–Kier alpha value is -1.20. The van der Waals surface area contributed by atoms with Crippen LogP contribution in [0.3, 0.4) is 0 Å². The molecule has 0 atom stereocenters.